The standard InChI is InChI=1S/C6H14Si/c1-2-3-4-5-6-7/h6H,2-5,7H2,1H3. The molecular weight excluding hydrogens is 100 g/mol. The van der Waals surface area contributed by atoms with Gasteiger partial charge in [0, 0.05) is 0 Å². The Bertz CT molecular complexity index is 41.4. The van der Waals surface area contributed by atoms with Crippen molar-refractivity contribution in [2.24, 2.45) is 0 Å². The van der Waals surface area contributed by atoms with Crippen LogP contribution in [0.4, 0.5) is 0 Å². The Balaban J connectivity index is 2.56. The minimum atomic E-state index is 1.31. The summed E-state index contributed by atoms with van der Waals surface area (Å²) in [6.07, 6.45) is 5.44. The van der Waals surface area contributed by atoms with Gasteiger partial charge in [-0.1, -0.05) is 26.2 Å². The van der Waals surface area contributed by atoms with Gasteiger partial charge in [0.2, 0.25) is 0 Å². The van der Waals surface area contributed by atoms with E-state index in [0.717, 1.165) is 0 Å². The van der Waals surface area contributed by atoms with Gasteiger partial charge < -0.3 is 0 Å². The van der Waals surface area contributed by atoms with Crippen molar-refractivity contribution in [3.8, 4) is 0 Å². The van der Waals surface area contributed by atoms with Crippen molar-refractivity contribution >= 4 is 15.5 Å². The van der Waals surface area contributed by atoms with Crippen LogP contribution in [-0.4, -0.2) is 15.5 Å². The Kier molecular flexibility index (Phi) is 6.16. The molecule has 0 spiro atoms. The van der Waals surface area contributed by atoms with E-state index in [2.05, 4.69) is 12.6 Å². The van der Waals surface area contributed by atoms with E-state index in [0.29, 0.717) is 0 Å². The molecule has 0 aromatic rings. The first kappa shape index (κ1) is 7.09. The van der Waals surface area contributed by atoms with Gasteiger partial charge in [0.15, 0.2) is 0 Å². The third-order valence-corrected chi connectivity index (χ3v) is 1.42. The molecular formula is C6H14Si. The lowest BCUT2D eigenvalue weighted by molar-refractivity contribution is 0.748. The highest BCUT2D eigenvalue weighted by atomic mass is 28.1. The summed E-state index contributed by atoms with van der Waals surface area (Å²) in [5.74, 6) is 0. The summed E-state index contributed by atoms with van der Waals surface area (Å²) in [6.45, 7) is 2.23. The van der Waals surface area contributed by atoms with Crippen LogP contribution in [0.2, 0.25) is 0 Å². The Morgan fingerprint density at radius 2 is 2.14 bits per heavy atom. The van der Waals surface area contributed by atoms with E-state index in [1.54, 1.807) is 0 Å². The molecule has 0 amide bonds. The molecule has 0 heterocycles. The molecule has 0 aliphatic carbocycles. The van der Waals surface area contributed by atoms with Gasteiger partial charge in [-0.25, -0.2) is 0 Å². The van der Waals surface area contributed by atoms with Crippen molar-refractivity contribution in [3.05, 3.63) is 0 Å². The van der Waals surface area contributed by atoms with Crippen molar-refractivity contribution in [1.29, 1.82) is 0 Å². The van der Waals surface area contributed by atoms with Crippen LogP contribution in [0.3, 0.4) is 0 Å². The van der Waals surface area contributed by atoms with Gasteiger partial charge in [0.05, 0.1) is 0 Å². The first-order valence-corrected chi connectivity index (χ1v) is 3.84. The third kappa shape index (κ3) is 6.09. The van der Waals surface area contributed by atoms with E-state index in [9.17, 15) is 0 Å². The fraction of sp³-hybridized carbons (Fsp3) is 0.833. The van der Waals surface area contributed by atoms with Crippen molar-refractivity contribution in [1.82, 2.24) is 0 Å². The van der Waals surface area contributed by atoms with Crippen molar-refractivity contribution in [2.45, 2.75) is 32.6 Å². The van der Waals surface area contributed by atoms with Crippen LogP contribution in [-0.2, 0) is 0 Å². The summed E-state index contributed by atoms with van der Waals surface area (Å²) in [7, 11) is 1.95. The van der Waals surface area contributed by atoms with Crippen LogP contribution in [0.25, 0.3) is 0 Å². The van der Waals surface area contributed by atoms with Crippen molar-refractivity contribution < 1.29 is 0 Å². The van der Waals surface area contributed by atoms with Crippen LogP contribution < -0.4 is 0 Å². The van der Waals surface area contributed by atoms with Gasteiger partial charge in [-0.2, -0.15) is 0 Å². The summed E-state index contributed by atoms with van der Waals surface area (Å²) in [5, 5.41) is 0. The SMILES string of the molecule is CCCCCC=[SiH2]. The monoisotopic (exact) mass is 114 g/mol. The Labute approximate surface area is 49.0 Å². The molecule has 0 unspecified atom stereocenters. The average Bonchev–Trinajstić information content (AvgIpc) is 1.69. The van der Waals surface area contributed by atoms with Gasteiger partial charge >= 0.3 is 0 Å². The van der Waals surface area contributed by atoms with Crippen molar-refractivity contribution in [2.75, 3.05) is 0 Å². The third-order valence-electron chi connectivity index (χ3n) is 1.01. The molecule has 7 heavy (non-hydrogen) atoms. The van der Waals surface area contributed by atoms with Crippen LogP contribution in [0.15, 0.2) is 0 Å². The zero-order chi connectivity index (χ0) is 5.54. The van der Waals surface area contributed by atoms with Gasteiger partial charge in [0.25, 0.3) is 0 Å². The highest BCUT2D eigenvalue weighted by Crippen LogP contribution is 1.94. The molecule has 0 saturated heterocycles. The second-order valence-corrected chi connectivity index (χ2v) is 2.36. The maximum atomic E-state index is 2.26. The van der Waals surface area contributed by atoms with Gasteiger partial charge in [-0.05, 0) is 16.3 Å². The topological polar surface area (TPSA) is 0 Å². The van der Waals surface area contributed by atoms with Gasteiger partial charge in [-0.15, -0.1) is 5.67 Å². The van der Waals surface area contributed by atoms with Gasteiger partial charge in [-0.3, -0.25) is 0 Å². The molecule has 1 heteroatoms. The van der Waals surface area contributed by atoms with E-state index in [-0.39, 0.29) is 0 Å². The van der Waals surface area contributed by atoms with Crippen LogP contribution in [0.1, 0.15) is 32.6 Å². The van der Waals surface area contributed by atoms with Crippen LogP contribution in [0, 0.1) is 0 Å². The van der Waals surface area contributed by atoms with Crippen molar-refractivity contribution in [3.63, 3.8) is 0 Å². The fourth-order valence-corrected chi connectivity index (χ4v) is 0.827. The van der Waals surface area contributed by atoms with Gasteiger partial charge in [0.1, 0.15) is 0 Å². The summed E-state index contributed by atoms with van der Waals surface area (Å²) in [4.78, 5) is 0. The maximum Gasteiger partial charge on any atom is -0.0288 e. The first-order chi connectivity index (χ1) is 3.41. The second kappa shape index (κ2) is 6.09. The molecule has 0 aliphatic heterocycles. The van der Waals surface area contributed by atoms with E-state index in [1.165, 1.54) is 25.7 Å². The smallest absolute Gasteiger partial charge is 0.0288 e. The lowest BCUT2D eigenvalue weighted by atomic mass is 10.2. The quantitative estimate of drug-likeness (QED) is 0.378. The maximum absolute atomic E-state index is 2.26. The summed E-state index contributed by atoms with van der Waals surface area (Å²) in [6, 6.07) is 0. The first-order valence-electron chi connectivity index (χ1n) is 3.02. The Morgan fingerprint density at radius 1 is 1.43 bits per heavy atom. The summed E-state index contributed by atoms with van der Waals surface area (Å²) in [5.41, 5.74) is 2.26. The highest BCUT2D eigenvalue weighted by Gasteiger charge is 1.77. The predicted molar refractivity (Wildman–Crippen MR) is 38.8 cm³/mol. The largest absolute Gasteiger partial charge is 0.110 e. The predicted octanol–water partition coefficient (Wildman–Crippen LogP) is 1.00. The molecule has 0 nitrogen and oxygen atoms in total. The molecule has 0 saturated carbocycles. The van der Waals surface area contributed by atoms with E-state index in [1.807, 2.05) is 9.85 Å². The Morgan fingerprint density at radius 3 is 2.57 bits per heavy atom. The molecule has 0 rings (SSSR count). The minimum absolute atomic E-state index is 1.31. The van der Waals surface area contributed by atoms with E-state index in [4.69, 9.17) is 0 Å². The Hall–Kier alpha value is 0.0869. The molecule has 0 N–H and O–H groups in total. The summed E-state index contributed by atoms with van der Waals surface area (Å²) < 4.78 is 0. The average molecular weight is 114 g/mol. The lowest BCUT2D eigenvalue weighted by Gasteiger charge is -1.87. The number of hydrogen-bond donors (Lipinski definition) is 0. The number of hydrogen-bond acceptors (Lipinski definition) is 0. The van der Waals surface area contributed by atoms with E-state index < -0.39 is 0 Å². The highest BCUT2D eigenvalue weighted by molar-refractivity contribution is 6.27. The molecule has 42 valence electrons. The van der Waals surface area contributed by atoms with E-state index >= 15 is 0 Å². The zero-order valence-electron chi connectivity index (χ0n) is 5.11. The molecule has 0 atom stereocenters. The zero-order valence-corrected chi connectivity index (χ0v) is 6.53. The van der Waals surface area contributed by atoms with Crippen LogP contribution >= 0.6 is 0 Å². The fourth-order valence-electron chi connectivity index (χ4n) is 0.539. The minimum Gasteiger partial charge on any atom is -0.110 e. The summed E-state index contributed by atoms with van der Waals surface area (Å²) >= 11 is 0. The molecule has 0 fully saturated rings. The molecule has 0 radical (unpaired) electrons. The molecule has 0 aliphatic rings. The molecule has 0 bridgehead atoms. The lowest BCUT2D eigenvalue weighted by Crippen LogP contribution is -1.74. The molecule has 0 aromatic heterocycles. The normalized spacial score (nSPS) is 8.71. The number of rotatable bonds is 4. The second-order valence-electron chi connectivity index (χ2n) is 1.78. The number of unbranched alkanes of at least 4 members (excludes halogenated alkanes) is 3. The van der Waals surface area contributed by atoms with Crippen LogP contribution in [0.5, 0.6) is 0 Å². The molecule has 0 aromatic carbocycles.